The highest BCUT2D eigenvalue weighted by Gasteiger charge is 2.24. The van der Waals surface area contributed by atoms with Crippen molar-refractivity contribution in [3.63, 3.8) is 0 Å². The molecule has 1 amide bonds. The van der Waals surface area contributed by atoms with Crippen LogP contribution in [0.4, 0.5) is 4.39 Å². The fourth-order valence-corrected chi connectivity index (χ4v) is 2.22. The van der Waals surface area contributed by atoms with Crippen LogP contribution in [0, 0.1) is 5.82 Å². The molecule has 1 saturated heterocycles. The lowest BCUT2D eigenvalue weighted by Gasteiger charge is -2.30. The average Bonchev–Trinajstić information content (AvgIpc) is 2.28. The van der Waals surface area contributed by atoms with Crippen molar-refractivity contribution in [1.82, 2.24) is 4.90 Å². The standard InChI is InChI=1S/C12H13ClFNO2/c13-11-6-8(14)3-4-10(11)12(17)15-5-1-2-9(16)7-15/h3-4,6,9,16H,1-2,5,7H2/t9-/m0/s1. The Labute approximate surface area is 104 Å². The summed E-state index contributed by atoms with van der Waals surface area (Å²) >= 11 is 5.83. The Balaban J connectivity index is 2.18. The molecular weight excluding hydrogens is 245 g/mol. The lowest BCUT2D eigenvalue weighted by molar-refractivity contribution is 0.0474. The van der Waals surface area contributed by atoms with Crippen molar-refractivity contribution in [2.45, 2.75) is 18.9 Å². The van der Waals surface area contributed by atoms with Crippen molar-refractivity contribution in [2.75, 3.05) is 13.1 Å². The number of amides is 1. The van der Waals surface area contributed by atoms with Gasteiger partial charge in [-0.3, -0.25) is 4.79 Å². The number of carbonyl (C=O) groups is 1. The summed E-state index contributed by atoms with van der Waals surface area (Å²) in [4.78, 5) is 13.6. The van der Waals surface area contributed by atoms with E-state index in [9.17, 15) is 14.3 Å². The predicted octanol–water partition coefficient (Wildman–Crippen LogP) is 2.08. The summed E-state index contributed by atoms with van der Waals surface area (Å²) in [6, 6.07) is 3.70. The van der Waals surface area contributed by atoms with Gasteiger partial charge >= 0.3 is 0 Å². The van der Waals surface area contributed by atoms with Crippen LogP contribution < -0.4 is 0 Å². The lowest BCUT2D eigenvalue weighted by Crippen LogP contribution is -2.42. The first-order chi connectivity index (χ1) is 8.08. The number of carbonyl (C=O) groups excluding carboxylic acids is 1. The van der Waals surface area contributed by atoms with Crippen molar-refractivity contribution in [3.05, 3.63) is 34.6 Å². The molecule has 0 unspecified atom stereocenters. The Morgan fingerprint density at radius 1 is 1.53 bits per heavy atom. The van der Waals surface area contributed by atoms with Crippen LogP contribution >= 0.6 is 11.6 Å². The second-order valence-electron chi connectivity index (χ2n) is 4.17. The minimum absolute atomic E-state index is 0.107. The third-order valence-corrected chi connectivity index (χ3v) is 3.16. The zero-order chi connectivity index (χ0) is 12.4. The molecule has 1 aromatic rings. The number of hydrogen-bond donors (Lipinski definition) is 1. The fraction of sp³-hybridized carbons (Fsp3) is 0.417. The number of piperidine rings is 1. The number of benzene rings is 1. The maximum absolute atomic E-state index is 12.9. The molecule has 0 radical (unpaired) electrons. The van der Waals surface area contributed by atoms with Gasteiger partial charge in [-0.25, -0.2) is 4.39 Å². The van der Waals surface area contributed by atoms with Crippen LogP contribution in [0.1, 0.15) is 23.2 Å². The zero-order valence-corrected chi connectivity index (χ0v) is 9.95. The highest BCUT2D eigenvalue weighted by Crippen LogP contribution is 2.21. The Hall–Kier alpha value is -1.13. The Morgan fingerprint density at radius 3 is 2.94 bits per heavy atom. The van der Waals surface area contributed by atoms with Gasteiger partial charge in [-0.15, -0.1) is 0 Å². The smallest absolute Gasteiger partial charge is 0.255 e. The van der Waals surface area contributed by atoms with Crippen molar-refractivity contribution >= 4 is 17.5 Å². The molecule has 1 aliphatic heterocycles. The highest BCUT2D eigenvalue weighted by molar-refractivity contribution is 6.33. The van der Waals surface area contributed by atoms with Gasteiger partial charge in [0.1, 0.15) is 5.82 Å². The molecule has 1 atom stereocenters. The molecule has 0 aliphatic carbocycles. The van der Waals surface area contributed by atoms with E-state index >= 15 is 0 Å². The second kappa shape index (κ2) is 5.02. The van der Waals surface area contributed by atoms with Gasteiger partial charge in [0, 0.05) is 13.1 Å². The van der Waals surface area contributed by atoms with Crippen LogP contribution in [-0.2, 0) is 0 Å². The van der Waals surface area contributed by atoms with Crippen LogP contribution in [0.25, 0.3) is 0 Å². The minimum atomic E-state index is -0.480. The van der Waals surface area contributed by atoms with E-state index < -0.39 is 11.9 Å². The number of β-amino-alcohol motifs (C(OH)–C–C–N with tert-alkyl or cyclic N) is 1. The van der Waals surface area contributed by atoms with E-state index in [0.717, 1.165) is 12.5 Å². The number of nitrogens with zero attached hydrogens (tertiary/aromatic N) is 1. The summed E-state index contributed by atoms with van der Waals surface area (Å²) in [6.45, 7) is 0.913. The maximum Gasteiger partial charge on any atom is 0.255 e. The molecule has 5 heteroatoms. The monoisotopic (exact) mass is 257 g/mol. The summed E-state index contributed by atoms with van der Waals surface area (Å²) < 4.78 is 12.9. The van der Waals surface area contributed by atoms with Gasteiger partial charge in [-0.05, 0) is 31.0 Å². The van der Waals surface area contributed by atoms with Crippen molar-refractivity contribution in [3.8, 4) is 0 Å². The molecule has 1 N–H and O–H groups in total. The molecule has 0 bridgehead atoms. The van der Waals surface area contributed by atoms with E-state index in [0.29, 0.717) is 19.5 Å². The molecule has 92 valence electrons. The number of aliphatic hydroxyl groups excluding tert-OH is 1. The van der Waals surface area contributed by atoms with Gasteiger partial charge in [0.2, 0.25) is 0 Å². The number of likely N-dealkylation sites (tertiary alicyclic amines) is 1. The third kappa shape index (κ3) is 2.76. The topological polar surface area (TPSA) is 40.5 Å². The van der Waals surface area contributed by atoms with Gasteiger partial charge in [0.25, 0.3) is 5.91 Å². The van der Waals surface area contributed by atoms with Crippen molar-refractivity contribution in [2.24, 2.45) is 0 Å². The van der Waals surface area contributed by atoms with Gasteiger partial charge < -0.3 is 10.0 Å². The summed E-state index contributed by atoms with van der Waals surface area (Å²) in [5.41, 5.74) is 0.280. The number of rotatable bonds is 1. The molecule has 1 fully saturated rings. The van der Waals surface area contributed by atoms with E-state index in [1.165, 1.54) is 12.1 Å². The molecule has 3 nitrogen and oxygen atoms in total. The molecular formula is C12H13ClFNO2. The quantitative estimate of drug-likeness (QED) is 0.837. The van der Waals surface area contributed by atoms with E-state index in [1.54, 1.807) is 4.90 Å². The Bertz CT molecular complexity index is 439. The lowest BCUT2D eigenvalue weighted by atomic mass is 10.1. The molecule has 0 spiro atoms. The van der Waals surface area contributed by atoms with E-state index in [2.05, 4.69) is 0 Å². The van der Waals surface area contributed by atoms with Crippen molar-refractivity contribution in [1.29, 1.82) is 0 Å². The number of aliphatic hydroxyl groups is 1. The first-order valence-corrected chi connectivity index (χ1v) is 5.88. The fourth-order valence-electron chi connectivity index (χ4n) is 1.97. The minimum Gasteiger partial charge on any atom is -0.391 e. The molecule has 0 aromatic heterocycles. The molecule has 0 saturated carbocycles. The number of halogens is 2. The van der Waals surface area contributed by atoms with E-state index in [4.69, 9.17) is 11.6 Å². The molecule has 1 aliphatic rings. The van der Waals surface area contributed by atoms with Crippen LogP contribution in [-0.4, -0.2) is 35.1 Å². The van der Waals surface area contributed by atoms with E-state index in [1.807, 2.05) is 0 Å². The summed E-state index contributed by atoms with van der Waals surface area (Å²) in [5.74, 6) is -0.723. The van der Waals surface area contributed by atoms with Crippen molar-refractivity contribution < 1.29 is 14.3 Å². The average molecular weight is 258 g/mol. The summed E-state index contributed by atoms with van der Waals surface area (Å²) in [5, 5.41) is 9.61. The maximum atomic E-state index is 12.9. The Kier molecular flexibility index (Phi) is 3.64. The van der Waals surface area contributed by atoms with Crippen LogP contribution in [0.15, 0.2) is 18.2 Å². The molecule has 17 heavy (non-hydrogen) atoms. The third-order valence-electron chi connectivity index (χ3n) is 2.85. The van der Waals surface area contributed by atoms with Crippen LogP contribution in [0.3, 0.4) is 0 Å². The Morgan fingerprint density at radius 2 is 2.29 bits per heavy atom. The van der Waals surface area contributed by atoms with Crippen LogP contribution in [0.2, 0.25) is 5.02 Å². The first kappa shape index (κ1) is 12.3. The van der Waals surface area contributed by atoms with Gasteiger partial charge in [-0.1, -0.05) is 11.6 Å². The summed E-state index contributed by atoms with van der Waals surface area (Å²) in [7, 11) is 0. The van der Waals surface area contributed by atoms with E-state index in [-0.39, 0.29) is 16.5 Å². The largest absolute Gasteiger partial charge is 0.391 e. The molecule has 1 aromatic carbocycles. The SMILES string of the molecule is O=C(c1ccc(F)cc1Cl)N1CCC[C@H](O)C1. The van der Waals surface area contributed by atoms with Gasteiger partial charge in [0.15, 0.2) is 0 Å². The predicted molar refractivity (Wildman–Crippen MR) is 62.6 cm³/mol. The molecule has 2 rings (SSSR count). The molecule has 1 heterocycles. The van der Waals surface area contributed by atoms with Gasteiger partial charge in [-0.2, -0.15) is 0 Å². The van der Waals surface area contributed by atoms with Crippen LogP contribution in [0.5, 0.6) is 0 Å². The summed E-state index contributed by atoms with van der Waals surface area (Å²) in [6.07, 6.45) is 0.999. The highest BCUT2D eigenvalue weighted by atomic mass is 35.5. The first-order valence-electron chi connectivity index (χ1n) is 5.50. The second-order valence-corrected chi connectivity index (χ2v) is 4.58. The normalized spacial score (nSPS) is 20.4. The zero-order valence-electron chi connectivity index (χ0n) is 9.20. The van der Waals surface area contributed by atoms with Gasteiger partial charge in [0.05, 0.1) is 16.7 Å². The number of hydrogen-bond acceptors (Lipinski definition) is 2.